The van der Waals surface area contributed by atoms with Gasteiger partial charge in [-0.1, -0.05) is 60.7 Å². The number of rotatable bonds is 6. The van der Waals surface area contributed by atoms with Crippen molar-refractivity contribution >= 4 is 28.5 Å². The van der Waals surface area contributed by atoms with Gasteiger partial charge in [0.1, 0.15) is 5.65 Å². The van der Waals surface area contributed by atoms with Crippen molar-refractivity contribution in [2.45, 2.75) is 25.4 Å². The molecule has 2 aromatic carbocycles. The van der Waals surface area contributed by atoms with Gasteiger partial charge in [0, 0.05) is 37.1 Å². The molecule has 0 saturated carbocycles. The highest BCUT2D eigenvalue weighted by atomic mass is 16.6. The van der Waals surface area contributed by atoms with Gasteiger partial charge >= 0.3 is 6.09 Å². The number of pyridine rings is 1. The Morgan fingerprint density at radius 2 is 1.89 bits per heavy atom. The molecule has 9 nitrogen and oxygen atoms in total. The molecular formula is C29H29N7O2. The number of nitrogens with zero attached hydrogens (tertiary/aromatic N) is 4. The highest BCUT2D eigenvalue weighted by Gasteiger charge is 2.25. The van der Waals surface area contributed by atoms with Crippen LogP contribution in [0.15, 0.2) is 85.5 Å². The summed E-state index contributed by atoms with van der Waals surface area (Å²) in [6, 6.07) is 20.2. The van der Waals surface area contributed by atoms with Crippen molar-refractivity contribution in [2.24, 2.45) is 5.73 Å². The number of hydrogen-bond donors (Lipinski definition) is 3. The fraction of sp³-hybridized carbons (Fsp3) is 0.207. The zero-order valence-electron chi connectivity index (χ0n) is 20.9. The van der Waals surface area contributed by atoms with Crippen LogP contribution in [0.1, 0.15) is 18.4 Å². The van der Waals surface area contributed by atoms with Crippen molar-refractivity contribution < 1.29 is 9.53 Å². The van der Waals surface area contributed by atoms with E-state index in [-0.39, 0.29) is 6.04 Å². The molecule has 4 heterocycles. The number of H-pyrrole nitrogens is 1. The highest BCUT2D eigenvalue weighted by molar-refractivity contribution is 6.09. The van der Waals surface area contributed by atoms with Crippen LogP contribution in [0.3, 0.4) is 0 Å². The number of amides is 1. The molecule has 1 aliphatic rings. The minimum Gasteiger partial charge on any atom is -0.407 e. The zero-order valence-corrected chi connectivity index (χ0v) is 20.9. The van der Waals surface area contributed by atoms with Crippen LogP contribution in [0.4, 0.5) is 16.2 Å². The SMILES string of the molecule is N[C@@H]1CCCN(c2c(-c3ccccc3)cnc3[nH]cc(NC(=O)Oc4cnn(Cc5ccccc5)c4)c23)C1. The lowest BCUT2D eigenvalue weighted by molar-refractivity contribution is 0.215. The average Bonchev–Trinajstić information content (AvgIpc) is 3.55. The van der Waals surface area contributed by atoms with Crippen molar-refractivity contribution in [2.75, 3.05) is 23.3 Å². The summed E-state index contributed by atoms with van der Waals surface area (Å²) in [5.74, 6) is 0.364. The van der Waals surface area contributed by atoms with Crippen LogP contribution in [0, 0.1) is 0 Å². The van der Waals surface area contributed by atoms with Crippen LogP contribution in [-0.2, 0) is 6.54 Å². The number of carbonyl (C=O) groups is 1. The topological polar surface area (TPSA) is 114 Å². The lowest BCUT2D eigenvalue weighted by Gasteiger charge is -2.34. The second-order valence-corrected chi connectivity index (χ2v) is 9.53. The molecule has 0 aliphatic carbocycles. The van der Waals surface area contributed by atoms with E-state index in [4.69, 9.17) is 10.5 Å². The summed E-state index contributed by atoms with van der Waals surface area (Å²) in [4.78, 5) is 23.1. The lowest BCUT2D eigenvalue weighted by atomic mass is 9.99. The second-order valence-electron chi connectivity index (χ2n) is 9.53. The van der Waals surface area contributed by atoms with Gasteiger partial charge in [-0.2, -0.15) is 5.10 Å². The number of fused-ring (bicyclic) bond motifs is 1. The maximum atomic E-state index is 12.9. The molecular weight excluding hydrogens is 478 g/mol. The Balaban J connectivity index is 1.29. The summed E-state index contributed by atoms with van der Waals surface area (Å²) >= 11 is 0. The predicted molar refractivity (Wildman–Crippen MR) is 148 cm³/mol. The molecule has 1 fully saturated rings. The smallest absolute Gasteiger partial charge is 0.407 e. The second kappa shape index (κ2) is 10.4. The van der Waals surface area contributed by atoms with E-state index in [1.165, 1.54) is 6.20 Å². The Morgan fingerprint density at radius 1 is 1.11 bits per heavy atom. The van der Waals surface area contributed by atoms with Crippen molar-refractivity contribution in [1.82, 2.24) is 19.7 Å². The fourth-order valence-corrected chi connectivity index (χ4v) is 5.04. The zero-order chi connectivity index (χ0) is 25.9. The van der Waals surface area contributed by atoms with E-state index < -0.39 is 6.09 Å². The van der Waals surface area contributed by atoms with Crippen molar-refractivity contribution in [3.8, 4) is 16.9 Å². The molecule has 9 heteroatoms. The molecule has 1 atom stereocenters. The van der Waals surface area contributed by atoms with Crippen molar-refractivity contribution in [1.29, 1.82) is 0 Å². The lowest BCUT2D eigenvalue weighted by Crippen LogP contribution is -2.43. The van der Waals surface area contributed by atoms with E-state index in [9.17, 15) is 4.79 Å². The molecule has 3 aromatic heterocycles. The third kappa shape index (κ3) is 4.96. The number of hydrogen-bond acceptors (Lipinski definition) is 6. The van der Waals surface area contributed by atoms with Crippen LogP contribution in [0.5, 0.6) is 5.75 Å². The van der Waals surface area contributed by atoms with E-state index in [0.29, 0.717) is 23.6 Å². The van der Waals surface area contributed by atoms with Gasteiger partial charge in [-0.25, -0.2) is 9.78 Å². The van der Waals surface area contributed by atoms with Gasteiger partial charge in [0.05, 0.1) is 35.7 Å². The normalized spacial score (nSPS) is 15.5. The van der Waals surface area contributed by atoms with Gasteiger partial charge in [0.25, 0.3) is 0 Å². The highest BCUT2D eigenvalue weighted by Crippen LogP contribution is 2.41. The Bertz CT molecular complexity index is 1550. The van der Waals surface area contributed by atoms with E-state index in [1.54, 1.807) is 17.1 Å². The molecule has 1 aliphatic heterocycles. The maximum absolute atomic E-state index is 12.9. The number of benzene rings is 2. The molecule has 1 amide bonds. The van der Waals surface area contributed by atoms with E-state index >= 15 is 0 Å². The molecule has 5 aromatic rings. The number of anilines is 2. The predicted octanol–water partition coefficient (Wildman–Crippen LogP) is 5.01. The minimum atomic E-state index is -0.600. The Labute approximate surface area is 220 Å². The van der Waals surface area contributed by atoms with Gasteiger partial charge in [-0.3, -0.25) is 10.00 Å². The standard InChI is InChI=1S/C29H29N7O2/c30-22-12-7-13-35(18-22)27-24(21-10-5-2-6-11-21)15-31-28-26(27)25(16-32-28)34-29(37)38-23-14-33-36(19-23)17-20-8-3-1-4-9-20/h1-6,8-11,14-16,19,22H,7,12-13,17-18,30H2,(H,31,32)(H,34,37)/t22-/m1/s1. The largest absolute Gasteiger partial charge is 0.417 e. The molecule has 6 rings (SSSR count). The average molecular weight is 508 g/mol. The summed E-state index contributed by atoms with van der Waals surface area (Å²) in [5.41, 5.74) is 11.8. The first kappa shape index (κ1) is 23.7. The molecule has 0 radical (unpaired) electrons. The van der Waals surface area contributed by atoms with Crippen molar-refractivity contribution in [3.05, 3.63) is 91.0 Å². The van der Waals surface area contributed by atoms with Crippen LogP contribution < -0.4 is 20.7 Å². The van der Waals surface area contributed by atoms with Crippen LogP contribution >= 0.6 is 0 Å². The maximum Gasteiger partial charge on any atom is 0.417 e. The van der Waals surface area contributed by atoms with Gasteiger partial charge in [0.15, 0.2) is 5.75 Å². The molecule has 0 unspecified atom stereocenters. The Hall–Kier alpha value is -4.63. The molecule has 4 N–H and O–H groups in total. The molecule has 1 saturated heterocycles. The number of ether oxygens (including phenoxy) is 1. The summed E-state index contributed by atoms with van der Waals surface area (Å²) in [5, 5.41) is 8.06. The summed E-state index contributed by atoms with van der Waals surface area (Å²) < 4.78 is 7.30. The molecule has 0 spiro atoms. The number of nitrogens with one attached hydrogen (secondary N) is 2. The summed E-state index contributed by atoms with van der Waals surface area (Å²) in [6.45, 7) is 2.19. The number of aromatic amines is 1. The Morgan fingerprint density at radius 3 is 2.68 bits per heavy atom. The first-order chi connectivity index (χ1) is 18.6. The molecule has 38 heavy (non-hydrogen) atoms. The van der Waals surface area contributed by atoms with Crippen LogP contribution in [-0.4, -0.2) is 45.0 Å². The van der Waals surface area contributed by atoms with Crippen LogP contribution in [0.2, 0.25) is 0 Å². The first-order valence-corrected chi connectivity index (χ1v) is 12.8. The minimum absolute atomic E-state index is 0.0864. The van der Waals surface area contributed by atoms with Crippen LogP contribution in [0.25, 0.3) is 22.2 Å². The summed E-state index contributed by atoms with van der Waals surface area (Å²) in [7, 11) is 0. The number of carbonyl (C=O) groups excluding carboxylic acids is 1. The van der Waals surface area contributed by atoms with Gasteiger partial charge in [-0.05, 0) is 24.0 Å². The first-order valence-electron chi connectivity index (χ1n) is 12.8. The third-order valence-electron chi connectivity index (χ3n) is 6.78. The molecule has 0 bridgehead atoms. The van der Waals surface area contributed by atoms with E-state index in [0.717, 1.165) is 53.7 Å². The summed E-state index contributed by atoms with van der Waals surface area (Å²) in [6.07, 6.45) is 8.27. The van der Waals surface area contributed by atoms with E-state index in [1.807, 2.05) is 54.7 Å². The van der Waals surface area contributed by atoms with E-state index in [2.05, 4.69) is 37.4 Å². The van der Waals surface area contributed by atoms with Gasteiger partial charge < -0.3 is 20.4 Å². The third-order valence-corrected chi connectivity index (χ3v) is 6.78. The fourth-order valence-electron chi connectivity index (χ4n) is 5.04. The number of nitrogens with two attached hydrogens (primary N) is 1. The van der Waals surface area contributed by atoms with Crippen molar-refractivity contribution in [3.63, 3.8) is 0 Å². The monoisotopic (exact) mass is 507 g/mol. The Kier molecular flexibility index (Phi) is 6.49. The van der Waals surface area contributed by atoms with Gasteiger partial charge in [0.2, 0.25) is 0 Å². The number of piperidine rings is 1. The van der Waals surface area contributed by atoms with Gasteiger partial charge in [-0.15, -0.1) is 0 Å². The quantitative estimate of drug-likeness (QED) is 0.298. The molecule has 192 valence electrons. The number of aromatic nitrogens is 4.